The maximum Gasteiger partial charge on any atom is 0.324 e. The molecule has 0 unspecified atom stereocenters. The van der Waals surface area contributed by atoms with Crippen molar-refractivity contribution in [2.45, 2.75) is 17.4 Å². The predicted octanol–water partition coefficient (Wildman–Crippen LogP) is -0.202. The molecule has 4 nitrogen and oxygen atoms in total. The zero-order valence-corrected chi connectivity index (χ0v) is 11.4. The molecule has 0 aliphatic carbocycles. The summed E-state index contributed by atoms with van der Waals surface area (Å²) in [4.78, 5) is 11.2. The number of carbonyl (C=O) groups excluding carboxylic acids is 1. The van der Waals surface area contributed by atoms with E-state index < -0.39 is 18.1 Å². The van der Waals surface area contributed by atoms with Gasteiger partial charge in [0.2, 0.25) is 0 Å². The normalized spacial score (nSPS) is 16.1. The second kappa shape index (κ2) is 9.92. The Kier molecular flexibility index (Phi) is 12.0. The summed E-state index contributed by atoms with van der Waals surface area (Å²) in [6.07, 6.45) is -0.672. The number of thiol groups is 3. The van der Waals surface area contributed by atoms with Gasteiger partial charge in [-0.25, -0.2) is 0 Å². The maximum atomic E-state index is 11.2. The van der Waals surface area contributed by atoms with Crippen LogP contribution in [0.1, 0.15) is 0 Å². The minimum Gasteiger partial charge on any atom is -0.458 e. The molecular formula is C7H16ClNO3S3. The van der Waals surface area contributed by atoms with Crippen LogP contribution in [-0.2, 0) is 9.53 Å². The third kappa shape index (κ3) is 6.80. The van der Waals surface area contributed by atoms with Gasteiger partial charge in [0.15, 0.2) is 0 Å². The summed E-state index contributed by atoms with van der Waals surface area (Å²) >= 11 is 11.9. The van der Waals surface area contributed by atoms with Crippen LogP contribution < -0.4 is 5.73 Å². The lowest BCUT2D eigenvalue weighted by molar-refractivity contribution is -0.151. The molecule has 0 aliphatic rings. The number of halogens is 1. The third-order valence-electron chi connectivity index (χ3n) is 1.56. The second-order valence-corrected chi connectivity index (χ2v) is 4.09. The van der Waals surface area contributed by atoms with Gasteiger partial charge in [0.05, 0.1) is 6.61 Å². The molecule has 0 amide bonds. The van der Waals surface area contributed by atoms with Crippen molar-refractivity contribution in [1.29, 1.82) is 0 Å². The van der Waals surface area contributed by atoms with Crippen LogP contribution >= 0.6 is 50.3 Å². The number of ether oxygens (including phenoxy) is 1. The highest BCUT2D eigenvalue weighted by Crippen LogP contribution is 2.09. The zero-order chi connectivity index (χ0) is 11.1. The molecule has 0 aromatic carbocycles. The molecule has 0 bridgehead atoms. The lowest BCUT2D eigenvalue weighted by atomic mass is 10.3. The Hall–Kier alpha value is 0.730. The summed E-state index contributed by atoms with van der Waals surface area (Å²) in [5.41, 5.74) is 5.38. The van der Waals surface area contributed by atoms with Crippen LogP contribution in [0.2, 0.25) is 0 Å². The zero-order valence-electron chi connectivity index (χ0n) is 7.94. The largest absolute Gasteiger partial charge is 0.458 e. The average molecular weight is 294 g/mol. The quantitative estimate of drug-likeness (QED) is 0.347. The van der Waals surface area contributed by atoms with Gasteiger partial charge < -0.3 is 15.6 Å². The van der Waals surface area contributed by atoms with Gasteiger partial charge in [-0.05, 0) is 0 Å². The molecule has 0 rings (SSSR count). The van der Waals surface area contributed by atoms with E-state index in [9.17, 15) is 4.79 Å². The first kappa shape index (κ1) is 18.1. The maximum absolute atomic E-state index is 11.2. The average Bonchev–Trinajstić information content (AvgIpc) is 2.22. The Balaban J connectivity index is 0. The van der Waals surface area contributed by atoms with E-state index in [4.69, 9.17) is 15.6 Å². The lowest BCUT2D eigenvalue weighted by Crippen LogP contribution is -2.40. The molecule has 0 spiro atoms. The van der Waals surface area contributed by atoms with Crippen LogP contribution in [0.5, 0.6) is 0 Å². The molecule has 0 saturated carbocycles. The van der Waals surface area contributed by atoms with Crippen molar-refractivity contribution in [3.8, 4) is 0 Å². The first-order chi connectivity index (χ1) is 6.56. The Labute approximate surface area is 112 Å². The van der Waals surface area contributed by atoms with Crippen molar-refractivity contribution in [2.24, 2.45) is 5.73 Å². The highest BCUT2D eigenvalue weighted by molar-refractivity contribution is 7.84. The number of nitrogens with two attached hydrogens (primary N) is 1. The number of hydrogen-bond acceptors (Lipinski definition) is 7. The van der Waals surface area contributed by atoms with E-state index in [1.54, 1.807) is 0 Å². The van der Waals surface area contributed by atoms with E-state index in [1.165, 1.54) is 0 Å². The molecule has 0 fully saturated rings. The first-order valence-corrected chi connectivity index (χ1v) is 5.81. The molecule has 3 atom stereocenters. The van der Waals surface area contributed by atoms with Crippen molar-refractivity contribution in [1.82, 2.24) is 0 Å². The van der Waals surface area contributed by atoms with Crippen LogP contribution in [-0.4, -0.2) is 46.6 Å². The summed E-state index contributed by atoms with van der Waals surface area (Å²) in [6, 6.07) is -0.771. The molecule has 92 valence electrons. The van der Waals surface area contributed by atoms with Gasteiger partial charge in [0, 0.05) is 16.8 Å². The SMILES string of the molecule is Cl.N[C@@H](CS)C(=O)O[C@H](CO)[C@H](S)CS. The number of aliphatic hydroxyl groups excluding tert-OH is 1. The van der Waals surface area contributed by atoms with Crippen molar-refractivity contribution < 1.29 is 14.6 Å². The summed E-state index contributed by atoms with van der Waals surface area (Å²) in [7, 11) is 0. The number of rotatable bonds is 6. The van der Waals surface area contributed by atoms with Crippen LogP contribution in [0.4, 0.5) is 0 Å². The van der Waals surface area contributed by atoms with Crippen LogP contribution in [0.3, 0.4) is 0 Å². The number of aliphatic hydroxyl groups is 1. The van der Waals surface area contributed by atoms with E-state index in [2.05, 4.69) is 37.9 Å². The summed E-state index contributed by atoms with van der Waals surface area (Å²) in [5.74, 6) is 0.0206. The minimum absolute atomic E-state index is 0. The third-order valence-corrected chi connectivity index (χ3v) is 3.15. The van der Waals surface area contributed by atoms with Gasteiger partial charge in [-0.15, -0.1) is 12.4 Å². The molecule has 0 aromatic rings. The van der Waals surface area contributed by atoms with Gasteiger partial charge in [0.1, 0.15) is 12.1 Å². The van der Waals surface area contributed by atoms with Gasteiger partial charge in [-0.1, -0.05) is 0 Å². The minimum atomic E-state index is -0.771. The number of carbonyl (C=O) groups is 1. The lowest BCUT2D eigenvalue weighted by Gasteiger charge is -2.21. The first-order valence-electron chi connectivity index (χ1n) is 4.03. The van der Waals surface area contributed by atoms with E-state index >= 15 is 0 Å². The fraction of sp³-hybridized carbons (Fsp3) is 0.857. The van der Waals surface area contributed by atoms with Gasteiger partial charge in [-0.2, -0.15) is 37.9 Å². The van der Waals surface area contributed by atoms with Crippen molar-refractivity contribution in [3.63, 3.8) is 0 Å². The monoisotopic (exact) mass is 293 g/mol. The van der Waals surface area contributed by atoms with Crippen LogP contribution in [0.15, 0.2) is 0 Å². The predicted molar refractivity (Wildman–Crippen MR) is 72.7 cm³/mol. The van der Waals surface area contributed by atoms with Gasteiger partial charge in [0.25, 0.3) is 0 Å². The standard InChI is InChI=1S/C7H15NO3S3.ClH/c8-4(2-12)7(10)11-5(1-9)6(14)3-13;/h4-6,9,12-14H,1-3,8H2;1H/t4-,5+,6+;/m0./s1. The topological polar surface area (TPSA) is 72.6 Å². The van der Waals surface area contributed by atoms with Crippen molar-refractivity contribution in [3.05, 3.63) is 0 Å². The molecule has 0 aromatic heterocycles. The van der Waals surface area contributed by atoms with E-state index in [1.807, 2.05) is 0 Å². The smallest absolute Gasteiger partial charge is 0.324 e. The molecule has 0 saturated heterocycles. The van der Waals surface area contributed by atoms with E-state index in [0.29, 0.717) is 5.75 Å². The molecular weight excluding hydrogens is 278 g/mol. The highest BCUT2D eigenvalue weighted by atomic mass is 35.5. The van der Waals surface area contributed by atoms with Crippen molar-refractivity contribution >= 4 is 56.3 Å². The van der Waals surface area contributed by atoms with E-state index in [0.717, 1.165) is 0 Å². The summed E-state index contributed by atoms with van der Waals surface area (Å²) in [5, 5.41) is 8.60. The van der Waals surface area contributed by atoms with Crippen molar-refractivity contribution in [2.75, 3.05) is 18.1 Å². The Morgan fingerprint density at radius 3 is 2.27 bits per heavy atom. The second-order valence-electron chi connectivity index (χ2n) is 2.70. The molecule has 0 heterocycles. The molecule has 0 radical (unpaired) electrons. The number of esters is 1. The molecule has 3 N–H and O–H groups in total. The fourth-order valence-electron chi connectivity index (χ4n) is 0.666. The molecule has 8 heteroatoms. The number of hydrogen-bond donors (Lipinski definition) is 5. The van der Waals surface area contributed by atoms with Crippen LogP contribution in [0.25, 0.3) is 0 Å². The van der Waals surface area contributed by atoms with Gasteiger partial charge >= 0.3 is 5.97 Å². The van der Waals surface area contributed by atoms with E-state index in [-0.39, 0.29) is 30.0 Å². The molecule has 15 heavy (non-hydrogen) atoms. The van der Waals surface area contributed by atoms with Crippen LogP contribution in [0, 0.1) is 0 Å². The Morgan fingerprint density at radius 2 is 1.93 bits per heavy atom. The molecule has 0 aliphatic heterocycles. The summed E-state index contributed by atoms with van der Waals surface area (Å²) in [6.45, 7) is -0.292. The fourth-order valence-corrected chi connectivity index (χ4v) is 1.21. The highest BCUT2D eigenvalue weighted by Gasteiger charge is 2.23. The Bertz CT molecular complexity index is 187. The van der Waals surface area contributed by atoms with Gasteiger partial charge in [-0.3, -0.25) is 4.79 Å². The Morgan fingerprint density at radius 1 is 1.40 bits per heavy atom. The summed E-state index contributed by atoms with van der Waals surface area (Å²) < 4.78 is 4.92.